The highest BCUT2D eigenvalue weighted by atomic mass is 19.4. The van der Waals surface area contributed by atoms with E-state index < -0.39 is 23.1 Å². The molecule has 216 valence electrons. The maximum Gasteiger partial charge on any atom is 0.416 e. The first kappa shape index (κ1) is 28.6. The number of nitrogens with one attached hydrogen (secondary N) is 1. The number of carbonyl (C=O) groups excluding carboxylic acids is 1. The fourth-order valence-electron chi connectivity index (χ4n) is 5.68. The van der Waals surface area contributed by atoms with Crippen molar-refractivity contribution in [1.82, 2.24) is 19.7 Å². The number of ether oxygens (including phenoxy) is 2. The molecular weight excluding hydrogens is 537 g/mol. The van der Waals surface area contributed by atoms with Crippen LogP contribution >= 0.6 is 0 Å². The van der Waals surface area contributed by atoms with Gasteiger partial charge in [0.05, 0.1) is 72.4 Å². The topological polar surface area (TPSA) is 105 Å². The second-order valence-electron chi connectivity index (χ2n) is 10.4. The van der Waals surface area contributed by atoms with Gasteiger partial charge in [0, 0.05) is 19.1 Å². The van der Waals surface area contributed by atoms with Crippen molar-refractivity contribution in [3.05, 3.63) is 65.2 Å². The predicted molar refractivity (Wildman–Crippen MR) is 144 cm³/mol. The first-order valence-corrected chi connectivity index (χ1v) is 13.5. The van der Waals surface area contributed by atoms with E-state index in [0.717, 1.165) is 64.1 Å². The van der Waals surface area contributed by atoms with Gasteiger partial charge in [-0.15, -0.1) is 0 Å². The number of carbonyl (C=O) groups is 1. The SMILES string of the molecule is COc1cc(C(F)(F)F)ccc1-n1ncc(C(=O)Nc2ccc([C@]3(C#N)CC[C@@H](N4CCOCC4)CC3)nc2)c1C. The van der Waals surface area contributed by atoms with Gasteiger partial charge in [-0.25, -0.2) is 4.68 Å². The number of aromatic nitrogens is 3. The van der Waals surface area contributed by atoms with Gasteiger partial charge in [0.1, 0.15) is 11.4 Å². The minimum atomic E-state index is -4.52. The fraction of sp³-hybridized carbons (Fsp3) is 0.448. The van der Waals surface area contributed by atoms with Gasteiger partial charge < -0.3 is 14.8 Å². The van der Waals surface area contributed by atoms with E-state index in [1.54, 1.807) is 25.3 Å². The number of halogens is 3. The minimum Gasteiger partial charge on any atom is -0.494 e. The van der Waals surface area contributed by atoms with Gasteiger partial charge in [-0.2, -0.15) is 23.5 Å². The molecule has 1 aromatic carbocycles. The van der Waals surface area contributed by atoms with E-state index in [1.807, 2.05) is 0 Å². The fourth-order valence-corrected chi connectivity index (χ4v) is 5.68. The first-order valence-electron chi connectivity index (χ1n) is 13.5. The summed E-state index contributed by atoms with van der Waals surface area (Å²) < 4.78 is 51.4. The molecule has 2 aromatic heterocycles. The number of methoxy groups -OCH3 is 1. The molecule has 0 unspecified atom stereocenters. The summed E-state index contributed by atoms with van der Waals surface area (Å²) in [4.78, 5) is 20.1. The molecule has 0 atom stereocenters. The molecule has 1 amide bonds. The quantitative estimate of drug-likeness (QED) is 0.451. The molecule has 0 radical (unpaired) electrons. The highest BCUT2D eigenvalue weighted by Gasteiger charge is 2.40. The number of hydrogen-bond acceptors (Lipinski definition) is 7. The zero-order valence-corrected chi connectivity index (χ0v) is 22.9. The molecular formula is C29H31F3N6O3. The molecule has 9 nitrogen and oxygen atoms in total. The van der Waals surface area contributed by atoms with Crippen LogP contribution in [0.2, 0.25) is 0 Å². The van der Waals surface area contributed by atoms with Gasteiger partial charge in [0.2, 0.25) is 0 Å². The standard InChI is InChI=1S/C29H31F3N6O3/c1-19-23(17-35-38(19)24-5-3-20(29(30,31)32)15-25(24)40-2)27(39)36-21-4-6-26(34-16-21)28(18-33)9-7-22(8-10-28)37-11-13-41-14-12-37/h3-6,15-17,22H,7-14H2,1-2H3,(H,36,39)/t22-,28-. The number of alkyl halides is 3. The lowest BCUT2D eigenvalue weighted by molar-refractivity contribution is -0.137. The summed E-state index contributed by atoms with van der Waals surface area (Å²) in [6.45, 7) is 4.99. The molecule has 0 spiro atoms. The summed E-state index contributed by atoms with van der Waals surface area (Å²) in [5.41, 5.74) is 0.568. The van der Waals surface area contributed by atoms with Crippen LogP contribution < -0.4 is 10.1 Å². The minimum absolute atomic E-state index is 0.0248. The van der Waals surface area contributed by atoms with E-state index in [2.05, 4.69) is 26.4 Å². The number of nitrogens with zero attached hydrogens (tertiary/aromatic N) is 5. The van der Waals surface area contributed by atoms with Crippen molar-refractivity contribution in [2.75, 3.05) is 38.7 Å². The Kier molecular flexibility index (Phi) is 8.02. The van der Waals surface area contributed by atoms with Crippen molar-refractivity contribution < 1.29 is 27.4 Å². The van der Waals surface area contributed by atoms with Gasteiger partial charge in [-0.1, -0.05) is 0 Å². The summed E-state index contributed by atoms with van der Waals surface area (Å²) in [6.07, 6.45) is 1.64. The van der Waals surface area contributed by atoms with Crippen LogP contribution in [-0.4, -0.2) is 65.0 Å². The zero-order chi connectivity index (χ0) is 29.2. The van der Waals surface area contributed by atoms with Crippen LogP contribution in [0.25, 0.3) is 5.69 Å². The molecule has 3 aromatic rings. The zero-order valence-electron chi connectivity index (χ0n) is 22.9. The predicted octanol–water partition coefficient (Wildman–Crippen LogP) is 4.89. The average Bonchev–Trinajstić information content (AvgIpc) is 3.38. The molecule has 1 saturated carbocycles. The second-order valence-corrected chi connectivity index (χ2v) is 10.4. The second kappa shape index (κ2) is 11.5. The summed E-state index contributed by atoms with van der Waals surface area (Å²) in [7, 11) is 1.27. The van der Waals surface area contributed by atoms with E-state index in [0.29, 0.717) is 23.1 Å². The largest absolute Gasteiger partial charge is 0.494 e. The lowest BCUT2D eigenvalue weighted by Gasteiger charge is -2.41. The van der Waals surface area contributed by atoms with Crippen LogP contribution in [0.5, 0.6) is 5.75 Å². The van der Waals surface area contributed by atoms with Gasteiger partial charge in [0.25, 0.3) is 5.91 Å². The van der Waals surface area contributed by atoms with Crippen molar-refractivity contribution in [3.63, 3.8) is 0 Å². The normalized spacial score (nSPS) is 21.7. The number of rotatable bonds is 6. The lowest BCUT2D eigenvalue weighted by Crippen LogP contribution is -2.47. The molecule has 2 fully saturated rings. The van der Waals surface area contributed by atoms with Crippen LogP contribution in [0.3, 0.4) is 0 Å². The Morgan fingerprint density at radius 1 is 1.17 bits per heavy atom. The molecule has 41 heavy (non-hydrogen) atoms. The number of benzene rings is 1. The maximum absolute atomic E-state index is 13.1. The van der Waals surface area contributed by atoms with Crippen molar-refractivity contribution in [3.8, 4) is 17.5 Å². The Bertz CT molecular complexity index is 1430. The number of hydrogen-bond donors (Lipinski definition) is 1. The van der Waals surface area contributed by atoms with E-state index in [4.69, 9.17) is 9.47 Å². The van der Waals surface area contributed by atoms with Crippen LogP contribution in [0, 0.1) is 18.3 Å². The first-order chi connectivity index (χ1) is 19.6. The molecule has 1 N–H and O–H groups in total. The highest BCUT2D eigenvalue weighted by molar-refractivity contribution is 6.04. The molecule has 3 heterocycles. The summed E-state index contributed by atoms with van der Waals surface area (Å²) in [5.74, 6) is -0.474. The van der Waals surface area contributed by atoms with Gasteiger partial charge in [-0.05, 0) is 62.9 Å². The molecule has 12 heteroatoms. The molecule has 5 rings (SSSR count). The third-order valence-corrected chi connectivity index (χ3v) is 8.09. The van der Waals surface area contributed by atoms with Gasteiger partial charge >= 0.3 is 6.18 Å². The number of pyridine rings is 1. The van der Waals surface area contributed by atoms with E-state index in [-0.39, 0.29) is 17.0 Å². The van der Waals surface area contributed by atoms with Crippen LogP contribution in [-0.2, 0) is 16.3 Å². The van der Waals surface area contributed by atoms with E-state index in [1.165, 1.54) is 24.1 Å². The number of anilines is 1. The van der Waals surface area contributed by atoms with Gasteiger partial charge in [-0.3, -0.25) is 14.7 Å². The molecule has 0 bridgehead atoms. The summed E-state index contributed by atoms with van der Waals surface area (Å²) in [6, 6.07) is 9.57. The summed E-state index contributed by atoms with van der Waals surface area (Å²) in [5, 5.41) is 17.1. The van der Waals surface area contributed by atoms with Crippen molar-refractivity contribution >= 4 is 11.6 Å². The third-order valence-electron chi connectivity index (χ3n) is 8.09. The Hall–Kier alpha value is -3.95. The average molecular weight is 569 g/mol. The number of morpholine rings is 1. The van der Waals surface area contributed by atoms with Crippen LogP contribution in [0.4, 0.5) is 18.9 Å². The Labute approximate surface area is 235 Å². The number of nitriles is 1. The van der Waals surface area contributed by atoms with E-state index >= 15 is 0 Å². The smallest absolute Gasteiger partial charge is 0.416 e. The monoisotopic (exact) mass is 568 g/mol. The van der Waals surface area contributed by atoms with Crippen LogP contribution in [0.15, 0.2) is 42.7 Å². The lowest BCUT2D eigenvalue weighted by atomic mass is 9.71. The van der Waals surface area contributed by atoms with Crippen molar-refractivity contribution in [1.29, 1.82) is 5.26 Å². The molecule has 1 saturated heterocycles. The van der Waals surface area contributed by atoms with E-state index in [9.17, 15) is 23.2 Å². The highest BCUT2D eigenvalue weighted by Crippen LogP contribution is 2.40. The Morgan fingerprint density at radius 3 is 2.51 bits per heavy atom. The van der Waals surface area contributed by atoms with Crippen LogP contribution in [0.1, 0.15) is 53.0 Å². The molecule has 1 aliphatic carbocycles. The maximum atomic E-state index is 13.1. The van der Waals surface area contributed by atoms with Crippen molar-refractivity contribution in [2.24, 2.45) is 0 Å². The van der Waals surface area contributed by atoms with Gasteiger partial charge in [0.15, 0.2) is 0 Å². The summed E-state index contributed by atoms with van der Waals surface area (Å²) >= 11 is 0. The Morgan fingerprint density at radius 2 is 1.90 bits per heavy atom. The molecule has 2 aliphatic rings. The number of amides is 1. The third kappa shape index (κ3) is 5.78. The Balaban J connectivity index is 1.27. The van der Waals surface area contributed by atoms with Crippen molar-refractivity contribution in [2.45, 2.75) is 50.2 Å². The molecule has 1 aliphatic heterocycles.